The van der Waals surface area contributed by atoms with Gasteiger partial charge in [-0.15, -0.1) is 0 Å². The molecule has 3 nitrogen and oxygen atoms in total. The molecule has 0 aliphatic carbocycles. The molecule has 0 fully saturated rings. The van der Waals surface area contributed by atoms with Gasteiger partial charge in [0.05, 0.1) is 12.6 Å². The number of amides is 1. The van der Waals surface area contributed by atoms with Crippen LogP contribution in [0.2, 0.25) is 0 Å². The number of ether oxygens (including phenoxy) is 1. The molecule has 126 valence electrons. The summed E-state index contributed by atoms with van der Waals surface area (Å²) in [5.41, 5.74) is 2.06. The summed E-state index contributed by atoms with van der Waals surface area (Å²) in [6, 6.07) is 17.7. The van der Waals surface area contributed by atoms with Crippen LogP contribution in [0.3, 0.4) is 0 Å². The third-order valence-electron chi connectivity index (χ3n) is 3.73. The quantitative estimate of drug-likeness (QED) is 0.562. The number of benzene rings is 2. The average Bonchev–Trinajstić information content (AvgIpc) is 2.62. The molecule has 1 N–H and O–H groups in total. The smallest absolute Gasteiger partial charge is 0.244 e. The minimum absolute atomic E-state index is 0.0160. The van der Waals surface area contributed by atoms with E-state index in [1.807, 2.05) is 67.6 Å². The SMILES string of the molecule is CCCCOc1ccc(/C=C/C(=O)NC(C)c2ccccc2)cc1. The van der Waals surface area contributed by atoms with E-state index in [1.165, 1.54) is 0 Å². The lowest BCUT2D eigenvalue weighted by atomic mass is 10.1. The highest BCUT2D eigenvalue weighted by molar-refractivity contribution is 5.91. The monoisotopic (exact) mass is 323 g/mol. The molecule has 0 aliphatic heterocycles. The molecule has 0 aromatic heterocycles. The van der Waals surface area contributed by atoms with E-state index in [0.29, 0.717) is 0 Å². The van der Waals surface area contributed by atoms with Gasteiger partial charge in [0.1, 0.15) is 5.75 Å². The molecular formula is C21H25NO2. The summed E-state index contributed by atoms with van der Waals surface area (Å²) < 4.78 is 5.63. The first kappa shape index (κ1) is 17.8. The second-order valence-electron chi connectivity index (χ2n) is 5.75. The summed E-state index contributed by atoms with van der Waals surface area (Å²) in [6.07, 6.45) is 5.55. The highest BCUT2D eigenvalue weighted by Gasteiger charge is 2.06. The maximum atomic E-state index is 12.0. The fraction of sp³-hybridized carbons (Fsp3) is 0.286. The zero-order valence-electron chi connectivity index (χ0n) is 14.4. The van der Waals surface area contributed by atoms with Crippen molar-refractivity contribution >= 4 is 12.0 Å². The van der Waals surface area contributed by atoms with Crippen LogP contribution in [0.15, 0.2) is 60.7 Å². The van der Waals surface area contributed by atoms with Gasteiger partial charge in [0.2, 0.25) is 5.91 Å². The largest absolute Gasteiger partial charge is 0.494 e. The van der Waals surface area contributed by atoms with Crippen LogP contribution in [0.5, 0.6) is 5.75 Å². The van der Waals surface area contributed by atoms with Gasteiger partial charge >= 0.3 is 0 Å². The maximum Gasteiger partial charge on any atom is 0.244 e. The lowest BCUT2D eigenvalue weighted by Gasteiger charge is -2.12. The molecule has 2 aromatic carbocycles. The second kappa shape index (κ2) is 9.56. The molecule has 2 rings (SSSR count). The number of hydrogen-bond donors (Lipinski definition) is 1. The Hall–Kier alpha value is -2.55. The molecular weight excluding hydrogens is 298 g/mol. The molecule has 24 heavy (non-hydrogen) atoms. The van der Waals surface area contributed by atoms with E-state index >= 15 is 0 Å². The number of hydrogen-bond acceptors (Lipinski definition) is 2. The Morgan fingerprint density at radius 2 is 1.83 bits per heavy atom. The first-order valence-corrected chi connectivity index (χ1v) is 8.45. The van der Waals surface area contributed by atoms with Crippen LogP contribution in [-0.4, -0.2) is 12.5 Å². The van der Waals surface area contributed by atoms with Gasteiger partial charge in [-0.1, -0.05) is 55.8 Å². The summed E-state index contributed by atoms with van der Waals surface area (Å²) in [5, 5.41) is 2.96. The topological polar surface area (TPSA) is 38.3 Å². The molecule has 0 saturated heterocycles. The molecule has 0 saturated carbocycles. The molecule has 2 aromatic rings. The van der Waals surface area contributed by atoms with E-state index < -0.39 is 0 Å². The van der Waals surface area contributed by atoms with Crippen molar-refractivity contribution < 1.29 is 9.53 Å². The van der Waals surface area contributed by atoms with Crippen LogP contribution in [0, 0.1) is 0 Å². The van der Waals surface area contributed by atoms with Crippen molar-refractivity contribution in [2.24, 2.45) is 0 Å². The number of nitrogens with one attached hydrogen (secondary N) is 1. The van der Waals surface area contributed by atoms with Crippen LogP contribution >= 0.6 is 0 Å². The zero-order chi connectivity index (χ0) is 17.2. The Morgan fingerprint density at radius 3 is 2.50 bits per heavy atom. The van der Waals surface area contributed by atoms with E-state index in [4.69, 9.17) is 4.74 Å². The van der Waals surface area contributed by atoms with Crippen LogP contribution < -0.4 is 10.1 Å². The van der Waals surface area contributed by atoms with Crippen LogP contribution in [-0.2, 0) is 4.79 Å². The lowest BCUT2D eigenvalue weighted by molar-refractivity contribution is -0.117. The third-order valence-corrected chi connectivity index (χ3v) is 3.73. The van der Waals surface area contributed by atoms with Crippen molar-refractivity contribution in [2.75, 3.05) is 6.61 Å². The average molecular weight is 323 g/mol. The Labute approximate surface area is 144 Å². The molecule has 1 unspecified atom stereocenters. The van der Waals surface area contributed by atoms with Crippen molar-refractivity contribution in [3.05, 3.63) is 71.8 Å². The van der Waals surface area contributed by atoms with Crippen molar-refractivity contribution in [3.63, 3.8) is 0 Å². The van der Waals surface area contributed by atoms with Gasteiger partial charge in [-0.25, -0.2) is 0 Å². The first-order chi connectivity index (χ1) is 11.7. The van der Waals surface area contributed by atoms with E-state index in [0.717, 1.165) is 36.3 Å². The minimum Gasteiger partial charge on any atom is -0.494 e. The zero-order valence-corrected chi connectivity index (χ0v) is 14.4. The van der Waals surface area contributed by atoms with Gasteiger partial charge < -0.3 is 10.1 Å². The van der Waals surface area contributed by atoms with Crippen LogP contribution in [0.25, 0.3) is 6.08 Å². The number of carbonyl (C=O) groups excluding carboxylic acids is 1. The number of unbranched alkanes of at least 4 members (excludes halogenated alkanes) is 1. The van der Waals surface area contributed by atoms with Gasteiger partial charge in [0.25, 0.3) is 0 Å². The molecule has 0 radical (unpaired) electrons. The summed E-state index contributed by atoms with van der Waals surface area (Å²) in [6.45, 7) is 4.86. The van der Waals surface area contributed by atoms with Gasteiger partial charge in [0.15, 0.2) is 0 Å². The molecule has 0 bridgehead atoms. The number of carbonyl (C=O) groups is 1. The fourth-order valence-corrected chi connectivity index (χ4v) is 2.27. The minimum atomic E-state index is -0.102. The molecule has 0 spiro atoms. The van der Waals surface area contributed by atoms with Gasteiger partial charge in [0, 0.05) is 6.08 Å². The van der Waals surface area contributed by atoms with Crippen molar-refractivity contribution in [1.82, 2.24) is 5.32 Å². The predicted molar refractivity (Wildman–Crippen MR) is 98.9 cm³/mol. The van der Waals surface area contributed by atoms with Crippen LogP contribution in [0.1, 0.15) is 43.9 Å². The molecule has 1 atom stereocenters. The van der Waals surface area contributed by atoms with Crippen LogP contribution in [0.4, 0.5) is 0 Å². The fourth-order valence-electron chi connectivity index (χ4n) is 2.27. The summed E-state index contributed by atoms with van der Waals surface area (Å²) in [7, 11) is 0. The van der Waals surface area contributed by atoms with Crippen molar-refractivity contribution in [3.8, 4) is 5.75 Å². The Bertz CT molecular complexity index is 647. The molecule has 3 heteroatoms. The van der Waals surface area contributed by atoms with E-state index in [2.05, 4.69) is 12.2 Å². The Balaban J connectivity index is 1.84. The lowest BCUT2D eigenvalue weighted by Crippen LogP contribution is -2.24. The normalized spacial score (nSPS) is 12.1. The van der Waals surface area contributed by atoms with Crippen molar-refractivity contribution in [1.29, 1.82) is 0 Å². The van der Waals surface area contributed by atoms with E-state index in [1.54, 1.807) is 6.08 Å². The van der Waals surface area contributed by atoms with Gasteiger partial charge in [-0.2, -0.15) is 0 Å². The summed E-state index contributed by atoms with van der Waals surface area (Å²) in [5.74, 6) is 0.761. The van der Waals surface area contributed by atoms with Gasteiger partial charge in [-0.05, 0) is 42.7 Å². The second-order valence-corrected chi connectivity index (χ2v) is 5.75. The summed E-state index contributed by atoms with van der Waals surface area (Å²) in [4.78, 5) is 12.0. The molecule has 1 amide bonds. The Morgan fingerprint density at radius 1 is 1.12 bits per heavy atom. The van der Waals surface area contributed by atoms with E-state index in [-0.39, 0.29) is 11.9 Å². The van der Waals surface area contributed by atoms with E-state index in [9.17, 15) is 4.79 Å². The van der Waals surface area contributed by atoms with Crippen molar-refractivity contribution in [2.45, 2.75) is 32.7 Å². The predicted octanol–water partition coefficient (Wildman–Crippen LogP) is 4.76. The third kappa shape index (κ3) is 5.92. The van der Waals surface area contributed by atoms with Gasteiger partial charge in [-0.3, -0.25) is 4.79 Å². The highest BCUT2D eigenvalue weighted by atomic mass is 16.5. The first-order valence-electron chi connectivity index (χ1n) is 8.45. The standard InChI is InChI=1S/C21H25NO2/c1-3-4-16-24-20-13-10-18(11-14-20)12-15-21(23)22-17(2)19-8-6-5-7-9-19/h5-15,17H,3-4,16H2,1-2H3,(H,22,23)/b15-12+. The molecule has 0 heterocycles. The maximum absolute atomic E-state index is 12.0. The number of rotatable bonds is 8. The molecule has 0 aliphatic rings. The highest BCUT2D eigenvalue weighted by Crippen LogP contribution is 2.14. The Kier molecular flexibility index (Phi) is 7.09. The summed E-state index contributed by atoms with van der Waals surface area (Å²) >= 11 is 0.